The SMILES string of the molecule is CC(=O)NC1(c2ccc(F)cc2)CCN(CC(=O)N2CCOCC2)CC1. The van der Waals surface area contributed by atoms with Gasteiger partial charge < -0.3 is 15.0 Å². The normalized spacial score (nSPS) is 20.6. The number of amides is 2. The van der Waals surface area contributed by atoms with E-state index in [1.165, 1.54) is 19.1 Å². The van der Waals surface area contributed by atoms with Crippen LogP contribution >= 0.6 is 0 Å². The molecule has 2 fully saturated rings. The molecule has 3 rings (SSSR count). The summed E-state index contributed by atoms with van der Waals surface area (Å²) in [6, 6.07) is 6.32. The van der Waals surface area contributed by atoms with Crippen molar-refractivity contribution >= 4 is 11.8 Å². The van der Waals surface area contributed by atoms with Gasteiger partial charge in [0.05, 0.1) is 25.3 Å². The number of benzene rings is 1. The summed E-state index contributed by atoms with van der Waals surface area (Å²) in [7, 11) is 0. The summed E-state index contributed by atoms with van der Waals surface area (Å²) in [5, 5.41) is 3.07. The van der Waals surface area contributed by atoms with E-state index in [1.54, 1.807) is 12.1 Å². The molecule has 2 aliphatic heterocycles. The van der Waals surface area contributed by atoms with Crippen molar-refractivity contribution in [1.82, 2.24) is 15.1 Å². The number of ether oxygens (including phenoxy) is 1. The van der Waals surface area contributed by atoms with Gasteiger partial charge in [0.2, 0.25) is 11.8 Å². The lowest BCUT2D eigenvalue weighted by Gasteiger charge is -2.43. The van der Waals surface area contributed by atoms with E-state index in [0.717, 1.165) is 5.56 Å². The molecule has 142 valence electrons. The molecular formula is C19H26FN3O3. The number of hydrogen-bond donors (Lipinski definition) is 1. The molecule has 0 atom stereocenters. The zero-order valence-corrected chi connectivity index (χ0v) is 15.2. The third kappa shape index (κ3) is 4.40. The summed E-state index contributed by atoms with van der Waals surface area (Å²) in [6.45, 7) is 5.79. The van der Waals surface area contributed by atoms with Gasteiger partial charge in [-0.2, -0.15) is 0 Å². The van der Waals surface area contributed by atoms with Gasteiger partial charge in [-0.25, -0.2) is 4.39 Å². The van der Waals surface area contributed by atoms with Gasteiger partial charge in [0, 0.05) is 33.1 Å². The predicted octanol–water partition coefficient (Wildman–Crippen LogP) is 1.11. The van der Waals surface area contributed by atoms with Gasteiger partial charge in [-0.1, -0.05) is 12.1 Å². The van der Waals surface area contributed by atoms with Gasteiger partial charge in [-0.3, -0.25) is 14.5 Å². The van der Waals surface area contributed by atoms with Crippen molar-refractivity contribution < 1.29 is 18.7 Å². The van der Waals surface area contributed by atoms with Crippen molar-refractivity contribution in [3.8, 4) is 0 Å². The van der Waals surface area contributed by atoms with Crippen LogP contribution in [-0.2, 0) is 19.9 Å². The Morgan fingerprint density at radius 2 is 1.73 bits per heavy atom. The zero-order valence-electron chi connectivity index (χ0n) is 15.2. The Balaban J connectivity index is 1.63. The molecule has 0 saturated carbocycles. The second-order valence-electron chi connectivity index (χ2n) is 7.04. The second kappa shape index (κ2) is 8.14. The van der Waals surface area contributed by atoms with Crippen LogP contribution in [0.15, 0.2) is 24.3 Å². The topological polar surface area (TPSA) is 61.9 Å². The molecule has 0 radical (unpaired) electrons. The van der Waals surface area contributed by atoms with Crippen LogP contribution in [0.3, 0.4) is 0 Å². The highest BCUT2D eigenvalue weighted by Crippen LogP contribution is 2.33. The molecule has 6 nitrogen and oxygen atoms in total. The van der Waals surface area contributed by atoms with E-state index in [2.05, 4.69) is 10.2 Å². The molecule has 26 heavy (non-hydrogen) atoms. The minimum Gasteiger partial charge on any atom is -0.378 e. The molecule has 0 spiro atoms. The number of piperidine rings is 1. The minimum atomic E-state index is -0.502. The first-order valence-corrected chi connectivity index (χ1v) is 9.11. The third-order valence-electron chi connectivity index (χ3n) is 5.24. The smallest absolute Gasteiger partial charge is 0.236 e. The van der Waals surface area contributed by atoms with E-state index in [0.29, 0.717) is 58.8 Å². The van der Waals surface area contributed by atoms with E-state index in [-0.39, 0.29) is 17.6 Å². The molecule has 0 aromatic heterocycles. The van der Waals surface area contributed by atoms with E-state index < -0.39 is 5.54 Å². The highest BCUT2D eigenvalue weighted by atomic mass is 19.1. The van der Waals surface area contributed by atoms with Gasteiger partial charge in [0.15, 0.2) is 0 Å². The van der Waals surface area contributed by atoms with Crippen molar-refractivity contribution in [3.05, 3.63) is 35.6 Å². The lowest BCUT2D eigenvalue weighted by molar-refractivity contribution is -0.137. The third-order valence-corrected chi connectivity index (χ3v) is 5.24. The average molecular weight is 363 g/mol. The van der Waals surface area contributed by atoms with Crippen molar-refractivity contribution in [2.24, 2.45) is 0 Å². The van der Waals surface area contributed by atoms with E-state index >= 15 is 0 Å². The average Bonchev–Trinajstić information content (AvgIpc) is 2.64. The molecule has 0 aliphatic carbocycles. The molecule has 0 unspecified atom stereocenters. The molecule has 1 aromatic carbocycles. The Hall–Kier alpha value is -1.99. The standard InChI is InChI=1S/C19H26FN3O3/c1-15(24)21-19(16-2-4-17(20)5-3-16)6-8-22(9-7-19)14-18(25)23-10-12-26-13-11-23/h2-5H,6-14H2,1H3,(H,21,24). The van der Waals surface area contributed by atoms with Crippen LogP contribution < -0.4 is 5.32 Å². The first-order chi connectivity index (χ1) is 12.5. The largest absolute Gasteiger partial charge is 0.378 e. The molecule has 1 aromatic rings. The number of carbonyl (C=O) groups excluding carboxylic acids is 2. The maximum atomic E-state index is 13.3. The summed E-state index contributed by atoms with van der Waals surface area (Å²) in [6.07, 6.45) is 1.38. The van der Waals surface area contributed by atoms with Crippen LogP contribution in [0, 0.1) is 5.82 Å². The molecule has 2 heterocycles. The van der Waals surface area contributed by atoms with E-state index in [9.17, 15) is 14.0 Å². The van der Waals surface area contributed by atoms with Crippen LogP contribution in [-0.4, -0.2) is 67.6 Å². The highest BCUT2D eigenvalue weighted by molar-refractivity contribution is 5.78. The molecule has 7 heteroatoms. The van der Waals surface area contributed by atoms with Gasteiger partial charge in [0.1, 0.15) is 5.82 Å². The number of morpholine rings is 1. The lowest BCUT2D eigenvalue weighted by atomic mass is 9.80. The first kappa shape index (κ1) is 18.8. The maximum absolute atomic E-state index is 13.3. The number of likely N-dealkylation sites (tertiary alicyclic amines) is 1. The van der Waals surface area contributed by atoms with Crippen LogP contribution in [0.5, 0.6) is 0 Å². The quantitative estimate of drug-likeness (QED) is 0.871. The van der Waals surface area contributed by atoms with Crippen molar-refractivity contribution in [2.75, 3.05) is 45.9 Å². The Bertz CT molecular complexity index is 636. The molecular weight excluding hydrogens is 337 g/mol. The van der Waals surface area contributed by atoms with Gasteiger partial charge in [0.25, 0.3) is 0 Å². The van der Waals surface area contributed by atoms with Crippen molar-refractivity contribution in [1.29, 1.82) is 0 Å². The Morgan fingerprint density at radius 1 is 1.12 bits per heavy atom. The maximum Gasteiger partial charge on any atom is 0.236 e. The Labute approximate surface area is 153 Å². The van der Waals surface area contributed by atoms with E-state index in [1.807, 2.05) is 4.90 Å². The fourth-order valence-corrected chi connectivity index (χ4v) is 3.79. The second-order valence-corrected chi connectivity index (χ2v) is 7.04. The summed E-state index contributed by atoms with van der Waals surface area (Å²) in [5.74, 6) is -0.269. The number of nitrogens with one attached hydrogen (secondary N) is 1. The Kier molecular flexibility index (Phi) is 5.88. The van der Waals surface area contributed by atoms with Crippen molar-refractivity contribution in [3.63, 3.8) is 0 Å². The number of rotatable bonds is 4. The van der Waals surface area contributed by atoms with Gasteiger partial charge >= 0.3 is 0 Å². The number of halogens is 1. The fraction of sp³-hybridized carbons (Fsp3) is 0.579. The fourth-order valence-electron chi connectivity index (χ4n) is 3.79. The minimum absolute atomic E-state index is 0.104. The zero-order chi connectivity index (χ0) is 18.6. The molecule has 2 aliphatic rings. The van der Waals surface area contributed by atoms with Gasteiger partial charge in [-0.05, 0) is 30.5 Å². The monoisotopic (exact) mass is 363 g/mol. The number of carbonyl (C=O) groups is 2. The van der Waals surface area contributed by atoms with E-state index in [4.69, 9.17) is 4.74 Å². The number of hydrogen-bond acceptors (Lipinski definition) is 4. The molecule has 2 amide bonds. The lowest BCUT2D eigenvalue weighted by Crippen LogP contribution is -2.54. The summed E-state index contributed by atoms with van der Waals surface area (Å²) < 4.78 is 18.6. The summed E-state index contributed by atoms with van der Waals surface area (Å²) in [5.41, 5.74) is 0.408. The summed E-state index contributed by atoms with van der Waals surface area (Å²) in [4.78, 5) is 28.2. The molecule has 2 saturated heterocycles. The predicted molar refractivity (Wildman–Crippen MR) is 95.0 cm³/mol. The molecule has 0 bridgehead atoms. The van der Waals surface area contributed by atoms with Crippen LogP contribution in [0.2, 0.25) is 0 Å². The van der Waals surface area contributed by atoms with Crippen LogP contribution in [0.25, 0.3) is 0 Å². The number of nitrogens with zero attached hydrogens (tertiary/aromatic N) is 2. The summed E-state index contributed by atoms with van der Waals surface area (Å²) >= 11 is 0. The van der Waals surface area contributed by atoms with Crippen LogP contribution in [0.4, 0.5) is 4.39 Å². The molecule has 1 N–H and O–H groups in total. The van der Waals surface area contributed by atoms with Crippen molar-refractivity contribution in [2.45, 2.75) is 25.3 Å². The first-order valence-electron chi connectivity index (χ1n) is 9.11. The highest BCUT2D eigenvalue weighted by Gasteiger charge is 2.37. The van der Waals surface area contributed by atoms with Crippen LogP contribution in [0.1, 0.15) is 25.3 Å². The van der Waals surface area contributed by atoms with Gasteiger partial charge in [-0.15, -0.1) is 0 Å². The Morgan fingerprint density at radius 3 is 2.31 bits per heavy atom.